The Labute approximate surface area is 141 Å². The summed E-state index contributed by atoms with van der Waals surface area (Å²) in [6.45, 7) is 2.00. The van der Waals surface area contributed by atoms with Gasteiger partial charge in [0.15, 0.2) is 0 Å². The number of hydrogen-bond donors (Lipinski definition) is 1. The number of rotatable bonds is 1. The monoisotopic (exact) mass is 368 g/mol. The number of benzene rings is 2. The van der Waals surface area contributed by atoms with E-state index in [0.29, 0.717) is 23.7 Å². The van der Waals surface area contributed by atoms with E-state index in [2.05, 4.69) is 25.9 Å². The molecule has 1 aliphatic rings. The second kappa shape index (κ2) is 5.35. The Bertz CT molecular complexity index is 979. The number of aryl methyl sites for hydroxylation is 1. The number of fused-ring (bicyclic) bond motifs is 2. The molecule has 1 aliphatic heterocycles. The average Bonchev–Trinajstić information content (AvgIpc) is 2.53. The maximum Gasteiger partial charge on any atom is 0.258 e. The summed E-state index contributed by atoms with van der Waals surface area (Å²) in [5.74, 6) is 1.66. The SMILES string of the molecule is Cc1cccc(-c2nc3c(c(=O)[nH]2)Cc2cc(Br)ccc2O3)c1. The van der Waals surface area contributed by atoms with Crippen molar-refractivity contribution < 1.29 is 4.74 Å². The van der Waals surface area contributed by atoms with E-state index in [1.165, 1.54) is 0 Å². The molecule has 0 spiro atoms. The quantitative estimate of drug-likeness (QED) is 0.547. The largest absolute Gasteiger partial charge is 0.438 e. The van der Waals surface area contributed by atoms with Crippen LogP contribution in [0.25, 0.3) is 11.4 Å². The van der Waals surface area contributed by atoms with Crippen molar-refractivity contribution in [2.45, 2.75) is 13.3 Å². The highest BCUT2D eigenvalue weighted by atomic mass is 79.9. The van der Waals surface area contributed by atoms with Crippen molar-refractivity contribution in [3.05, 3.63) is 74.0 Å². The molecule has 0 amide bonds. The third-order valence-corrected chi connectivity index (χ3v) is 4.36. The molecule has 2 heterocycles. The Morgan fingerprint density at radius 2 is 2.09 bits per heavy atom. The highest BCUT2D eigenvalue weighted by molar-refractivity contribution is 9.10. The lowest BCUT2D eigenvalue weighted by molar-refractivity contribution is 0.438. The summed E-state index contributed by atoms with van der Waals surface area (Å²) in [5, 5.41) is 0. The summed E-state index contributed by atoms with van der Waals surface area (Å²) < 4.78 is 6.82. The van der Waals surface area contributed by atoms with Gasteiger partial charge in [-0.15, -0.1) is 0 Å². The molecule has 0 bridgehead atoms. The molecular formula is C18H13BrN2O2. The number of H-pyrrole nitrogens is 1. The second-order valence-corrected chi connectivity index (χ2v) is 6.51. The molecule has 1 N–H and O–H groups in total. The van der Waals surface area contributed by atoms with E-state index < -0.39 is 0 Å². The minimum Gasteiger partial charge on any atom is -0.438 e. The number of nitrogens with one attached hydrogen (secondary N) is 1. The van der Waals surface area contributed by atoms with Crippen molar-refractivity contribution in [3.63, 3.8) is 0 Å². The Kier molecular flexibility index (Phi) is 3.31. The first-order chi connectivity index (χ1) is 11.1. The summed E-state index contributed by atoms with van der Waals surface area (Å²) in [5.41, 5.74) is 3.36. The van der Waals surface area contributed by atoms with Gasteiger partial charge in [-0.3, -0.25) is 4.79 Å². The van der Waals surface area contributed by atoms with Gasteiger partial charge in [0.2, 0.25) is 5.88 Å². The third-order valence-electron chi connectivity index (χ3n) is 3.87. The fourth-order valence-corrected chi connectivity index (χ4v) is 3.14. The van der Waals surface area contributed by atoms with Gasteiger partial charge >= 0.3 is 0 Å². The van der Waals surface area contributed by atoms with Gasteiger partial charge in [0, 0.05) is 22.0 Å². The fraction of sp³-hybridized carbons (Fsp3) is 0.111. The molecule has 2 aromatic carbocycles. The van der Waals surface area contributed by atoms with Crippen LogP contribution in [0.15, 0.2) is 51.7 Å². The van der Waals surface area contributed by atoms with Crippen LogP contribution in [0.2, 0.25) is 0 Å². The summed E-state index contributed by atoms with van der Waals surface area (Å²) in [6, 6.07) is 13.6. The molecule has 0 atom stereocenters. The summed E-state index contributed by atoms with van der Waals surface area (Å²) in [6.07, 6.45) is 0.514. The Morgan fingerprint density at radius 3 is 2.91 bits per heavy atom. The van der Waals surface area contributed by atoms with Crippen LogP contribution in [0.4, 0.5) is 0 Å². The van der Waals surface area contributed by atoms with Crippen LogP contribution in [0.1, 0.15) is 16.7 Å². The van der Waals surface area contributed by atoms with Crippen LogP contribution in [0, 0.1) is 6.92 Å². The standard InChI is InChI=1S/C18H13BrN2O2/c1-10-3-2-4-11(7-10)16-20-17(22)14-9-12-8-13(19)5-6-15(12)23-18(14)21-16/h2-8H,9H2,1H3,(H,20,21,22). The van der Waals surface area contributed by atoms with Gasteiger partial charge in [-0.2, -0.15) is 4.98 Å². The summed E-state index contributed by atoms with van der Waals surface area (Å²) in [4.78, 5) is 19.8. The van der Waals surface area contributed by atoms with Crippen molar-refractivity contribution in [2.24, 2.45) is 0 Å². The van der Waals surface area contributed by atoms with E-state index in [1.54, 1.807) is 0 Å². The highest BCUT2D eigenvalue weighted by Crippen LogP contribution is 2.35. The smallest absolute Gasteiger partial charge is 0.258 e. The van der Waals surface area contributed by atoms with Crippen LogP contribution in [0.5, 0.6) is 11.6 Å². The number of aromatic amines is 1. The predicted molar refractivity (Wildman–Crippen MR) is 92.1 cm³/mol. The molecule has 4 nitrogen and oxygen atoms in total. The minimum absolute atomic E-state index is 0.155. The Balaban J connectivity index is 1.83. The van der Waals surface area contributed by atoms with Gasteiger partial charge in [0.05, 0.1) is 5.56 Å². The molecule has 5 heteroatoms. The van der Waals surface area contributed by atoms with E-state index in [4.69, 9.17) is 4.74 Å². The van der Waals surface area contributed by atoms with Gasteiger partial charge < -0.3 is 9.72 Å². The molecule has 0 radical (unpaired) electrons. The van der Waals surface area contributed by atoms with Crippen molar-refractivity contribution in [3.8, 4) is 23.0 Å². The second-order valence-electron chi connectivity index (χ2n) is 5.60. The zero-order chi connectivity index (χ0) is 16.0. The average molecular weight is 369 g/mol. The lowest BCUT2D eigenvalue weighted by atomic mass is 10.0. The molecule has 3 aromatic rings. The molecule has 4 rings (SSSR count). The van der Waals surface area contributed by atoms with Gasteiger partial charge in [0.25, 0.3) is 5.56 Å². The molecule has 114 valence electrons. The molecule has 0 unspecified atom stereocenters. The maximum absolute atomic E-state index is 12.5. The fourth-order valence-electron chi connectivity index (χ4n) is 2.73. The lowest BCUT2D eigenvalue weighted by Crippen LogP contribution is -2.20. The van der Waals surface area contributed by atoms with E-state index in [0.717, 1.165) is 26.9 Å². The van der Waals surface area contributed by atoms with Crippen molar-refractivity contribution in [2.75, 3.05) is 0 Å². The number of halogens is 1. The first-order valence-corrected chi connectivity index (χ1v) is 8.06. The number of aromatic nitrogens is 2. The van der Waals surface area contributed by atoms with E-state index in [9.17, 15) is 4.79 Å². The minimum atomic E-state index is -0.155. The van der Waals surface area contributed by atoms with Crippen LogP contribution >= 0.6 is 15.9 Å². The summed E-state index contributed by atoms with van der Waals surface area (Å²) in [7, 11) is 0. The van der Waals surface area contributed by atoms with E-state index in [1.807, 2.05) is 49.4 Å². The molecular weight excluding hydrogens is 356 g/mol. The van der Waals surface area contributed by atoms with Crippen LogP contribution < -0.4 is 10.3 Å². The van der Waals surface area contributed by atoms with Crippen LogP contribution in [-0.2, 0) is 6.42 Å². The first kappa shape index (κ1) is 14.2. The molecule has 0 saturated heterocycles. The van der Waals surface area contributed by atoms with Crippen molar-refractivity contribution in [1.82, 2.24) is 9.97 Å². The van der Waals surface area contributed by atoms with Gasteiger partial charge in [0.1, 0.15) is 11.6 Å². The summed E-state index contributed by atoms with van der Waals surface area (Å²) >= 11 is 3.44. The van der Waals surface area contributed by atoms with E-state index >= 15 is 0 Å². The number of nitrogens with zero attached hydrogens (tertiary/aromatic N) is 1. The van der Waals surface area contributed by atoms with E-state index in [-0.39, 0.29) is 5.56 Å². The maximum atomic E-state index is 12.5. The highest BCUT2D eigenvalue weighted by Gasteiger charge is 2.22. The van der Waals surface area contributed by atoms with Gasteiger partial charge in [-0.05, 0) is 31.2 Å². The molecule has 0 saturated carbocycles. The molecule has 0 aliphatic carbocycles. The first-order valence-electron chi connectivity index (χ1n) is 7.27. The lowest BCUT2D eigenvalue weighted by Gasteiger charge is -2.19. The third kappa shape index (κ3) is 2.57. The molecule has 23 heavy (non-hydrogen) atoms. The van der Waals surface area contributed by atoms with Crippen LogP contribution in [0.3, 0.4) is 0 Å². The van der Waals surface area contributed by atoms with Gasteiger partial charge in [-0.1, -0.05) is 39.7 Å². The zero-order valence-corrected chi connectivity index (χ0v) is 14.0. The van der Waals surface area contributed by atoms with Crippen LogP contribution in [-0.4, -0.2) is 9.97 Å². The molecule has 0 fully saturated rings. The zero-order valence-electron chi connectivity index (χ0n) is 12.4. The molecule has 1 aromatic heterocycles. The number of ether oxygens (including phenoxy) is 1. The Hall–Kier alpha value is -2.40. The topological polar surface area (TPSA) is 55.0 Å². The number of hydrogen-bond acceptors (Lipinski definition) is 3. The van der Waals surface area contributed by atoms with Crippen molar-refractivity contribution in [1.29, 1.82) is 0 Å². The van der Waals surface area contributed by atoms with Crippen molar-refractivity contribution >= 4 is 15.9 Å². The predicted octanol–water partition coefficient (Wildman–Crippen LogP) is 4.20. The Morgan fingerprint density at radius 1 is 1.22 bits per heavy atom. The van der Waals surface area contributed by atoms with Gasteiger partial charge in [-0.25, -0.2) is 0 Å². The normalized spacial score (nSPS) is 12.3.